The molecule has 1 spiro atoms. The molecule has 0 bridgehead atoms. The van der Waals surface area contributed by atoms with Gasteiger partial charge in [-0.05, 0) is 56.6 Å². The number of nitrogens with zero attached hydrogens (tertiary/aromatic N) is 1. The van der Waals surface area contributed by atoms with Gasteiger partial charge < -0.3 is 9.47 Å². The van der Waals surface area contributed by atoms with Crippen LogP contribution in [0.3, 0.4) is 0 Å². The molecule has 3 fully saturated rings. The molecule has 0 N–H and O–H groups in total. The number of likely N-dealkylation sites (tertiary alicyclic amines) is 1. The van der Waals surface area contributed by atoms with Gasteiger partial charge in [-0.15, -0.1) is 11.3 Å². The minimum Gasteiger partial charge on any atom is -0.381 e. The number of aryl methyl sites for hydroxylation is 1. The summed E-state index contributed by atoms with van der Waals surface area (Å²) in [4.78, 5) is 5.43. The van der Waals surface area contributed by atoms with Crippen LogP contribution >= 0.6 is 11.3 Å². The van der Waals surface area contributed by atoms with Crippen LogP contribution in [0.4, 0.5) is 0 Å². The molecule has 4 rings (SSSR count). The summed E-state index contributed by atoms with van der Waals surface area (Å²) in [7, 11) is 0. The van der Waals surface area contributed by atoms with Gasteiger partial charge in [-0.25, -0.2) is 0 Å². The van der Waals surface area contributed by atoms with Crippen molar-refractivity contribution >= 4 is 11.3 Å². The molecule has 1 saturated carbocycles. The second kappa shape index (κ2) is 6.23. The molecular weight excluding hydrogens is 294 g/mol. The van der Waals surface area contributed by atoms with E-state index < -0.39 is 0 Å². The molecule has 4 heteroatoms. The molecule has 1 aromatic rings. The van der Waals surface area contributed by atoms with Crippen LogP contribution in [-0.4, -0.2) is 43.4 Å². The van der Waals surface area contributed by atoms with Crippen LogP contribution in [0.15, 0.2) is 12.1 Å². The van der Waals surface area contributed by atoms with Crippen LogP contribution in [0, 0.1) is 18.8 Å². The van der Waals surface area contributed by atoms with E-state index in [4.69, 9.17) is 9.47 Å². The van der Waals surface area contributed by atoms with Crippen molar-refractivity contribution in [3.05, 3.63) is 21.9 Å². The monoisotopic (exact) mass is 321 g/mol. The molecule has 3 nitrogen and oxygen atoms in total. The molecule has 3 heterocycles. The van der Waals surface area contributed by atoms with Gasteiger partial charge >= 0.3 is 0 Å². The Hall–Kier alpha value is -0.420. The number of thiophene rings is 1. The summed E-state index contributed by atoms with van der Waals surface area (Å²) in [5, 5.41) is 0. The van der Waals surface area contributed by atoms with Gasteiger partial charge in [0.1, 0.15) is 0 Å². The highest BCUT2D eigenvalue weighted by molar-refractivity contribution is 7.11. The number of ether oxygens (including phenoxy) is 2. The van der Waals surface area contributed by atoms with Crippen LogP contribution in [-0.2, 0) is 16.0 Å². The normalized spacial score (nSPS) is 27.4. The third-order valence-corrected chi connectivity index (χ3v) is 6.40. The third kappa shape index (κ3) is 3.25. The summed E-state index contributed by atoms with van der Waals surface area (Å²) in [6, 6.07) is 4.49. The van der Waals surface area contributed by atoms with Crippen molar-refractivity contribution in [3.8, 4) is 0 Å². The summed E-state index contributed by atoms with van der Waals surface area (Å²) in [6.07, 6.45) is 5.17. The van der Waals surface area contributed by atoms with Gasteiger partial charge in [0.05, 0.1) is 5.60 Å². The SMILES string of the molecule is Cc1ccc(CN2CC3(C2)OCCC3CCOCC2CC2)s1. The highest BCUT2D eigenvalue weighted by Gasteiger charge is 2.52. The first-order chi connectivity index (χ1) is 10.7. The third-order valence-electron chi connectivity index (χ3n) is 5.42. The van der Waals surface area contributed by atoms with Crippen molar-refractivity contribution in [2.24, 2.45) is 11.8 Å². The van der Waals surface area contributed by atoms with E-state index in [9.17, 15) is 0 Å². The van der Waals surface area contributed by atoms with Crippen LogP contribution < -0.4 is 0 Å². The fourth-order valence-electron chi connectivity index (χ4n) is 3.92. The van der Waals surface area contributed by atoms with Crippen molar-refractivity contribution in [1.29, 1.82) is 0 Å². The fraction of sp³-hybridized carbons (Fsp3) is 0.778. The predicted octanol–water partition coefficient (Wildman–Crippen LogP) is 3.46. The summed E-state index contributed by atoms with van der Waals surface area (Å²) < 4.78 is 12.0. The maximum absolute atomic E-state index is 6.16. The van der Waals surface area contributed by atoms with Crippen molar-refractivity contribution in [2.45, 2.75) is 44.8 Å². The second-order valence-corrected chi connectivity index (χ2v) is 8.74. The smallest absolute Gasteiger partial charge is 0.0964 e. The van der Waals surface area contributed by atoms with Crippen LogP contribution in [0.1, 0.15) is 35.4 Å². The standard InChI is InChI=1S/C18H27NO2S/c1-14-2-5-17(22-14)10-19-12-18(13-19)16(7-9-21-18)6-8-20-11-15-3-4-15/h2,5,15-16H,3-4,6-13H2,1H3. The zero-order valence-electron chi connectivity index (χ0n) is 13.6. The van der Waals surface area contributed by atoms with Gasteiger partial charge in [0, 0.05) is 49.2 Å². The van der Waals surface area contributed by atoms with E-state index in [0.29, 0.717) is 5.92 Å². The van der Waals surface area contributed by atoms with Crippen LogP contribution in [0.2, 0.25) is 0 Å². The van der Waals surface area contributed by atoms with Crippen molar-refractivity contribution in [3.63, 3.8) is 0 Å². The lowest BCUT2D eigenvalue weighted by Gasteiger charge is -2.50. The zero-order valence-corrected chi connectivity index (χ0v) is 14.4. The first-order valence-corrected chi connectivity index (χ1v) is 9.54. The van der Waals surface area contributed by atoms with E-state index in [-0.39, 0.29) is 5.60 Å². The number of hydrogen-bond acceptors (Lipinski definition) is 4. The molecule has 0 amide bonds. The lowest BCUT2D eigenvalue weighted by molar-refractivity contribution is -0.138. The quantitative estimate of drug-likeness (QED) is 0.718. The minimum atomic E-state index is 0.148. The molecule has 122 valence electrons. The van der Waals surface area contributed by atoms with E-state index in [1.807, 2.05) is 11.3 Å². The van der Waals surface area contributed by atoms with Gasteiger partial charge in [-0.1, -0.05) is 0 Å². The van der Waals surface area contributed by atoms with Crippen LogP contribution in [0.5, 0.6) is 0 Å². The van der Waals surface area contributed by atoms with Crippen LogP contribution in [0.25, 0.3) is 0 Å². The molecule has 1 atom stereocenters. The molecule has 1 unspecified atom stereocenters. The topological polar surface area (TPSA) is 21.7 Å². The van der Waals surface area contributed by atoms with Crippen molar-refractivity contribution in [1.82, 2.24) is 4.90 Å². The number of rotatable bonds is 7. The Bertz CT molecular complexity index is 505. The second-order valence-electron chi connectivity index (χ2n) is 7.36. The summed E-state index contributed by atoms with van der Waals surface area (Å²) >= 11 is 1.92. The fourth-order valence-corrected chi connectivity index (χ4v) is 4.85. The van der Waals surface area contributed by atoms with E-state index in [1.165, 1.54) is 35.4 Å². The van der Waals surface area contributed by atoms with Gasteiger partial charge in [-0.3, -0.25) is 4.90 Å². The predicted molar refractivity (Wildman–Crippen MR) is 89.3 cm³/mol. The molecule has 1 aromatic heterocycles. The lowest BCUT2D eigenvalue weighted by atomic mass is 9.79. The van der Waals surface area contributed by atoms with E-state index >= 15 is 0 Å². The molecular formula is C18H27NO2S. The minimum absolute atomic E-state index is 0.148. The summed E-state index contributed by atoms with van der Waals surface area (Å²) in [5.41, 5.74) is 0.148. The average Bonchev–Trinajstić information content (AvgIpc) is 3.06. The molecule has 2 saturated heterocycles. The van der Waals surface area contributed by atoms with Gasteiger partial charge in [0.2, 0.25) is 0 Å². The first-order valence-electron chi connectivity index (χ1n) is 8.73. The Morgan fingerprint density at radius 3 is 2.91 bits per heavy atom. The zero-order chi connectivity index (χ0) is 15.0. The average molecular weight is 321 g/mol. The Kier molecular flexibility index (Phi) is 4.29. The van der Waals surface area contributed by atoms with Gasteiger partial charge in [0.15, 0.2) is 0 Å². The Labute approximate surface area is 137 Å². The molecule has 2 aliphatic heterocycles. The highest BCUT2D eigenvalue weighted by Crippen LogP contribution is 2.42. The lowest BCUT2D eigenvalue weighted by Crippen LogP contribution is -2.64. The number of hydrogen-bond donors (Lipinski definition) is 0. The molecule has 1 aliphatic carbocycles. The Morgan fingerprint density at radius 2 is 2.18 bits per heavy atom. The van der Waals surface area contributed by atoms with E-state index in [0.717, 1.165) is 45.4 Å². The summed E-state index contributed by atoms with van der Waals surface area (Å²) in [6.45, 7) is 8.35. The maximum Gasteiger partial charge on any atom is 0.0964 e. The van der Waals surface area contributed by atoms with Gasteiger partial charge in [0.25, 0.3) is 0 Å². The molecule has 0 aromatic carbocycles. The Morgan fingerprint density at radius 1 is 1.32 bits per heavy atom. The van der Waals surface area contributed by atoms with Crippen molar-refractivity contribution < 1.29 is 9.47 Å². The maximum atomic E-state index is 6.16. The largest absolute Gasteiger partial charge is 0.381 e. The summed E-state index contributed by atoms with van der Waals surface area (Å²) in [5.74, 6) is 1.58. The highest BCUT2D eigenvalue weighted by atomic mass is 32.1. The Balaban J connectivity index is 1.23. The first kappa shape index (κ1) is 15.1. The molecule has 22 heavy (non-hydrogen) atoms. The molecule has 0 radical (unpaired) electrons. The molecule has 3 aliphatic rings. The van der Waals surface area contributed by atoms with Gasteiger partial charge in [-0.2, -0.15) is 0 Å². The van der Waals surface area contributed by atoms with E-state index in [1.54, 1.807) is 0 Å². The van der Waals surface area contributed by atoms with Crippen molar-refractivity contribution in [2.75, 3.05) is 32.9 Å². The van der Waals surface area contributed by atoms with E-state index in [2.05, 4.69) is 24.0 Å².